The van der Waals surface area contributed by atoms with Gasteiger partial charge in [0.1, 0.15) is 0 Å². The predicted molar refractivity (Wildman–Crippen MR) is 82.5 cm³/mol. The summed E-state index contributed by atoms with van der Waals surface area (Å²) >= 11 is 0. The van der Waals surface area contributed by atoms with E-state index in [1.165, 1.54) is 19.3 Å². The summed E-state index contributed by atoms with van der Waals surface area (Å²) in [6.07, 6.45) is 6.91. The van der Waals surface area contributed by atoms with Crippen LogP contribution in [0.2, 0.25) is 0 Å². The van der Waals surface area contributed by atoms with E-state index >= 15 is 0 Å². The maximum Gasteiger partial charge on any atom is 0.314 e. The summed E-state index contributed by atoms with van der Waals surface area (Å²) in [6, 6.07) is 0.240. The maximum absolute atomic E-state index is 11.6. The zero-order valence-corrected chi connectivity index (χ0v) is 13.2. The third kappa shape index (κ3) is 13.5. The lowest BCUT2D eigenvalue weighted by Gasteiger charge is -2.15. The Hall–Kier alpha value is -0.770. The monoisotopic (exact) mass is 271 g/mol. The number of urea groups is 1. The smallest absolute Gasteiger partial charge is 0.314 e. The molecular formula is C15H33N3O. The van der Waals surface area contributed by atoms with Gasteiger partial charge >= 0.3 is 6.03 Å². The van der Waals surface area contributed by atoms with Gasteiger partial charge < -0.3 is 16.0 Å². The summed E-state index contributed by atoms with van der Waals surface area (Å²) in [5, 5.41) is 9.05. The van der Waals surface area contributed by atoms with E-state index in [1.54, 1.807) is 0 Å². The number of nitrogens with one attached hydrogen (secondary N) is 3. The molecule has 0 aromatic heterocycles. The predicted octanol–water partition coefficient (Wildman–Crippen LogP) is 2.89. The van der Waals surface area contributed by atoms with E-state index in [0.717, 1.165) is 32.4 Å². The van der Waals surface area contributed by atoms with Crippen molar-refractivity contribution in [1.29, 1.82) is 0 Å². The summed E-state index contributed by atoms with van der Waals surface area (Å²) < 4.78 is 0. The molecule has 0 bridgehead atoms. The minimum Gasteiger partial charge on any atom is -0.338 e. The number of carbonyl (C=O) groups is 1. The highest BCUT2D eigenvalue weighted by atomic mass is 16.2. The van der Waals surface area contributed by atoms with Gasteiger partial charge in [-0.1, -0.05) is 26.7 Å². The number of unbranched alkanes of at least 4 members (excludes halogenated alkanes) is 3. The van der Waals surface area contributed by atoms with Crippen LogP contribution in [0, 0.1) is 5.92 Å². The number of carbonyl (C=O) groups excluding carboxylic acids is 1. The average Bonchev–Trinajstić information content (AvgIpc) is 2.35. The van der Waals surface area contributed by atoms with Crippen molar-refractivity contribution in [3.05, 3.63) is 0 Å². The highest BCUT2D eigenvalue weighted by Gasteiger charge is 2.07. The fourth-order valence-corrected chi connectivity index (χ4v) is 1.91. The molecule has 0 radical (unpaired) electrons. The van der Waals surface area contributed by atoms with Crippen LogP contribution in [0.3, 0.4) is 0 Å². The first-order valence-electron chi connectivity index (χ1n) is 7.75. The highest BCUT2D eigenvalue weighted by Crippen LogP contribution is 2.06. The first kappa shape index (κ1) is 18.2. The molecule has 0 saturated heterocycles. The topological polar surface area (TPSA) is 53.2 Å². The SMILES string of the molecule is CNCCCCCCNC(=O)NC(C)CCC(C)C. The fraction of sp³-hybridized carbons (Fsp3) is 0.933. The van der Waals surface area contributed by atoms with Gasteiger partial charge in [-0.05, 0) is 52.1 Å². The quantitative estimate of drug-likeness (QED) is 0.506. The lowest BCUT2D eigenvalue weighted by molar-refractivity contribution is 0.236. The van der Waals surface area contributed by atoms with Crippen molar-refractivity contribution in [3.8, 4) is 0 Å². The Kier molecular flexibility index (Phi) is 11.8. The molecular weight excluding hydrogens is 238 g/mol. The molecule has 114 valence electrons. The van der Waals surface area contributed by atoms with Crippen LogP contribution in [0.25, 0.3) is 0 Å². The largest absolute Gasteiger partial charge is 0.338 e. The molecule has 1 unspecified atom stereocenters. The Morgan fingerprint density at radius 2 is 1.58 bits per heavy atom. The second kappa shape index (κ2) is 12.3. The molecule has 0 aliphatic rings. The zero-order valence-electron chi connectivity index (χ0n) is 13.2. The highest BCUT2D eigenvalue weighted by molar-refractivity contribution is 5.74. The summed E-state index contributed by atoms with van der Waals surface area (Å²) in [4.78, 5) is 11.6. The molecule has 0 aromatic rings. The Balaban J connectivity index is 3.38. The number of hydrogen-bond acceptors (Lipinski definition) is 2. The van der Waals surface area contributed by atoms with E-state index in [0.29, 0.717) is 5.92 Å². The van der Waals surface area contributed by atoms with Crippen molar-refractivity contribution in [2.75, 3.05) is 20.1 Å². The second-order valence-corrected chi connectivity index (χ2v) is 5.79. The molecule has 0 fully saturated rings. The molecule has 1 atom stereocenters. The molecule has 4 nitrogen and oxygen atoms in total. The van der Waals surface area contributed by atoms with E-state index < -0.39 is 0 Å². The number of rotatable bonds is 11. The average molecular weight is 271 g/mol. The van der Waals surface area contributed by atoms with Crippen molar-refractivity contribution in [1.82, 2.24) is 16.0 Å². The van der Waals surface area contributed by atoms with Crippen LogP contribution in [0.15, 0.2) is 0 Å². The van der Waals surface area contributed by atoms with Crippen LogP contribution < -0.4 is 16.0 Å². The van der Waals surface area contributed by atoms with Crippen LogP contribution in [-0.2, 0) is 0 Å². The molecule has 0 aliphatic heterocycles. The van der Waals surface area contributed by atoms with E-state index in [-0.39, 0.29) is 12.1 Å². The zero-order chi connectivity index (χ0) is 14.5. The molecule has 19 heavy (non-hydrogen) atoms. The molecule has 3 N–H and O–H groups in total. The van der Waals surface area contributed by atoms with Crippen molar-refractivity contribution in [3.63, 3.8) is 0 Å². The Bertz CT molecular complexity index is 219. The van der Waals surface area contributed by atoms with Crippen molar-refractivity contribution >= 4 is 6.03 Å². The molecule has 0 heterocycles. The lowest BCUT2D eigenvalue weighted by atomic mass is 10.0. The van der Waals surface area contributed by atoms with Gasteiger partial charge in [-0.25, -0.2) is 4.79 Å². The molecule has 0 rings (SSSR count). The van der Waals surface area contributed by atoms with Crippen LogP contribution in [0.1, 0.15) is 59.3 Å². The summed E-state index contributed by atoms with van der Waals surface area (Å²) in [7, 11) is 1.98. The molecule has 0 spiro atoms. The fourth-order valence-electron chi connectivity index (χ4n) is 1.91. The van der Waals surface area contributed by atoms with Gasteiger partial charge in [-0.2, -0.15) is 0 Å². The van der Waals surface area contributed by atoms with Crippen LogP contribution in [0.4, 0.5) is 4.79 Å². The van der Waals surface area contributed by atoms with Gasteiger partial charge in [0.05, 0.1) is 0 Å². The summed E-state index contributed by atoms with van der Waals surface area (Å²) in [6.45, 7) is 8.35. The van der Waals surface area contributed by atoms with Gasteiger partial charge in [-0.15, -0.1) is 0 Å². The molecule has 0 saturated carbocycles. The number of hydrogen-bond donors (Lipinski definition) is 3. The molecule has 0 aliphatic carbocycles. The van der Waals surface area contributed by atoms with Gasteiger partial charge in [0.15, 0.2) is 0 Å². The van der Waals surface area contributed by atoms with E-state index in [2.05, 4.69) is 36.7 Å². The summed E-state index contributed by atoms with van der Waals surface area (Å²) in [5.74, 6) is 0.699. The Labute approximate surface area is 119 Å². The summed E-state index contributed by atoms with van der Waals surface area (Å²) in [5.41, 5.74) is 0. The van der Waals surface area contributed by atoms with Crippen LogP contribution in [-0.4, -0.2) is 32.2 Å². The second-order valence-electron chi connectivity index (χ2n) is 5.79. The minimum absolute atomic E-state index is 0.0218. The van der Waals surface area contributed by atoms with Gasteiger partial charge in [0.2, 0.25) is 0 Å². The van der Waals surface area contributed by atoms with E-state index in [9.17, 15) is 4.79 Å². The molecule has 4 heteroatoms. The lowest BCUT2D eigenvalue weighted by Crippen LogP contribution is -2.41. The van der Waals surface area contributed by atoms with Crippen LogP contribution >= 0.6 is 0 Å². The normalized spacial score (nSPS) is 12.5. The third-order valence-corrected chi connectivity index (χ3v) is 3.19. The Morgan fingerprint density at radius 1 is 0.947 bits per heavy atom. The van der Waals surface area contributed by atoms with E-state index in [4.69, 9.17) is 0 Å². The molecule has 0 aromatic carbocycles. The van der Waals surface area contributed by atoms with E-state index in [1.807, 2.05) is 7.05 Å². The Morgan fingerprint density at radius 3 is 2.16 bits per heavy atom. The maximum atomic E-state index is 11.6. The van der Waals surface area contributed by atoms with Crippen molar-refractivity contribution in [2.45, 2.75) is 65.3 Å². The minimum atomic E-state index is -0.0218. The van der Waals surface area contributed by atoms with Crippen molar-refractivity contribution in [2.24, 2.45) is 5.92 Å². The standard InChI is InChI=1S/C15H33N3O/c1-13(2)9-10-14(3)18-15(19)17-12-8-6-5-7-11-16-4/h13-14,16H,5-12H2,1-4H3,(H2,17,18,19). The van der Waals surface area contributed by atoms with Gasteiger partial charge in [0.25, 0.3) is 0 Å². The van der Waals surface area contributed by atoms with Gasteiger partial charge in [-0.3, -0.25) is 0 Å². The van der Waals surface area contributed by atoms with Crippen molar-refractivity contribution < 1.29 is 4.79 Å². The molecule has 2 amide bonds. The van der Waals surface area contributed by atoms with Gasteiger partial charge in [0, 0.05) is 12.6 Å². The third-order valence-electron chi connectivity index (χ3n) is 3.19. The first-order chi connectivity index (χ1) is 9.06. The van der Waals surface area contributed by atoms with Crippen LogP contribution in [0.5, 0.6) is 0 Å². The number of amides is 2. The first-order valence-corrected chi connectivity index (χ1v) is 7.75.